The summed E-state index contributed by atoms with van der Waals surface area (Å²) in [6, 6.07) is 5.47. The molecule has 1 amide bonds. The molecular formula is C21H28N2O3. The van der Waals surface area contributed by atoms with E-state index in [-0.39, 0.29) is 5.91 Å². The summed E-state index contributed by atoms with van der Waals surface area (Å²) in [4.78, 5) is 17.4. The third-order valence-electron chi connectivity index (χ3n) is 6.20. The molecule has 140 valence electrons. The van der Waals surface area contributed by atoms with Crippen LogP contribution in [0.5, 0.6) is 11.5 Å². The Balaban J connectivity index is 1.36. The number of allylic oxidation sites excluding steroid dienone is 2. The average molecular weight is 356 g/mol. The first-order valence-electron chi connectivity index (χ1n) is 9.60. The van der Waals surface area contributed by atoms with Crippen LogP contribution in [0.15, 0.2) is 30.4 Å². The van der Waals surface area contributed by atoms with E-state index in [0.717, 1.165) is 43.9 Å². The fraction of sp³-hybridized carbons (Fsp3) is 0.571. The number of para-hydroxylation sites is 1. The first-order valence-corrected chi connectivity index (χ1v) is 9.60. The quantitative estimate of drug-likeness (QED) is 0.761. The topological polar surface area (TPSA) is 42.0 Å². The predicted octanol–water partition coefficient (Wildman–Crippen LogP) is 2.67. The van der Waals surface area contributed by atoms with Crippen molar-refractivity contribution in [2.45, 2.75) is 12.8 Å². The minimum Gasteiger partial charge on any atom is -0.493 e. The van der Waals surface area contributed by atoms with Gasteiger partial charge < -0.3 is 14.4 Å². The van der Waals surface area contributed by atoms with Crippen LogP contribution in [0, 0.1) is 17.8 Å². The molecule has 2 fully saturated rings. The lowest BCUT2D eigenvalue weighted by atomic mass is 9.93. The molecule has 3 atom stereocenters. The van der Waals surface area contributed by atoms with Crippen molar-refractivity contribution in [3.63, 3.8) is 0 Å². The van der Waals surface area contributed by atoms with Crippen molar-refractivity contribution in [3.8, 4) is 11.5 Å². The van der Waals surface area contributed by atoms with Crippen LogP contribution in [0.25, 0.3) is 0 Å². The number of methoxy groups -OCH3 is 2. The number of carbonyl (C=O) groups excluding carboxylic acids is 1. The smallest absolute Gasteiger partial charge is 0.257 e. The van der Waals surface area contributed by atoms with Crippen molar-refractivity contribution in [1.82, 2.24) is 9.80 Å². The number of ether oxygens (including phenoxy) is 2. The Labute approximate surface area is 155 Å². The summed E-state index contributed by atoms with van der Waals surface area (Å²) in [6.07, 6.45) is 7.53. The minimum absolute atomic E-state index is 0.0308. The summed E-state index contributed by atoms with van der Waals surface area (Å²) in [7, 11) is 3.17. The van der Waals surface area contributed by atoms with Crippen molar-refractivity contribution >= 4 is 5.91 Å². The number of piperazine rings is 1. The molecule has 5 heteroatoms. The van der Waals surface area contributed by atoms with Gasteiger partial charge in [-0.05, 0) is 42.7 Å². The van der Waals surface area contributed by atoms with Gasteiger partial charge in [-0.3, -0.25) is 9.69 Å². The van der Waals surface area contributed by atoms with Crippen molar-refractivity contribution < 1.29 is 14.3 Å². The van der Waals surface area contributed by atoms with Crippen molar-refractivity contribution in [3.05, 3.63) is 35.9 Å². The highest BCUT2D eigenvalue weighted by Gasteiger charge is 2.37. The van der Waals surface area contributed by atoms with Crippen LogP contribution >= 0.6 is 0 Å². The Morgan fingerprint density at radius 2 is 1.88 bits per heavy atom. The lowest BCUT2D eigenvalue weighted by molar-refractivity contribution is 0.0606. The van der Waals surface area contributed by atoms with Gasteiger partial charge in [0.25, 0.3) is 5.91 Å². The predicted molar refractivity (Wildman–Crippen MR) is 101 cm³/mol. The van der Waals surface area contributed by atoms with Gasteiger partial charge in [-0.15, -0.1) is 0 Å². The molecule has 1 aromatic carbocycles. The largest absolute Gasteiger partial charge is 0.493 e. The highest BCUT2D eigenvalue weighted by molar-refractivity contribution is 5.97. The van der Waals surface area contributed by atoms with Crippen molar-refractivity contribution in [2.75, 3.05) is 46.9 Å². The molecular weight excluding hydrogens is 328 g/mol. The van der Waals surface area contributed by atoms with E-state index in [1.54, 1.807) is 14.2 Å². The van der Waals surface area contributed by atoms with Crippen LogP contribution in [0.2, 0.25) is 0 Å². The highest BCUT2D eigenvalue weighted by Crippen LogP contribution is 2.43. The van der Waals surface area contributed by atoms with Crippen molar-refractivity contribution in [1.29, 1.82) is 0 Å². The molecule has 2 aliphatic carbocycles. The van der Waals surface area contributed by atoms with Gasteiger partial charge in [-0.25, -0.2) is 0 Å². The van der Waals surface area contributed by atoms with E-state index in [1.807, 2.05) is 23.1 Å². The summed E-state index contributed by atoms with van der Waals surface area (Å²) in [5, 5.41) is 0. The standard InChI is InChI=1S/C21H28N2O3/c1-25-19-5-3-4-18(20(19)26-2)21(24)23-10-8-22(9-11-23)14-17-13-15-6-7-16(17)12-15/h3-7,15-17H,8-14H2,1-2H3. The van der Waals surface area contributed by atoms with E-state index < -0.39 is 0 Å². The number of rotatable bonds is 5. The maximum absolute atomic E-state index is 13.0. The molecule has 26 heavy (non-hydrogen) atoms. The summed E-state index contributed by atoms with van der Waals surface area (Å²) in [5.74, 6) is 3.58. The Morgan fingerprint density at radius 1 is 1.08 bits per heavy atom. The third kappa shape index (κ3) is 3.20. The number of hydrogen-bond donors (Lipinski definition) is 0. The maximum atomic E-state index is 13.0. The van der Waals surface area contributed by atoms with Crippen LogP contribution in [-0.4, -0.2) is 62.7 Å². The van der Waals surface area contributed by atoms with Gasteiger partial charge in [-0.2, -0.15) is 0 Å². The molecule has 2 bridgehead atoms. The normalized spacial score (nSPS) is 27.8. The van der Waals surface area contributed by atoms with E-state index in [9.17, 15) is 4.79 Å². The van der Waals surface area contributed by atoms with Crippen LogP contribution in [-0.2, 0) is 0 Å². The minimum atomic E-state index is 0.0308. The monoisotopic (exact) mass is 356 g/mol. The SMILES string of the molecule is COc1cccc(C(=O)N2CCN(CC3CC4C=CC3C4)CC2)c1OC. The van der Waals surface area contributed by atoms with E-state index in [1.165, 1.54) is 19.4 Å². The molecule has 0 radical (unpaired) electrons. The zero-order valence-electron chi connectivity index (χ0n) is 15.7. The Kier molecular flexibility index (Phi) is 4.90. The third-order valence-corrected chi connectivity index (χ3v) is 6.20. The molecule has 1 aromatic rings. The van der Waals surface area contributed by atoms with Crippen LogP contribution in [0.1, 0.15) is 23.2 Å². The number of nitrogens with zero attached hydrogens (tertiary/aromatic N) is 2. The molecule has 0 aromatic heterocycles. The van der Waals surface area contributed by atoms with Crippen LogP contribution in [0.3, 0.4) is 0 Å². The van der Waals surface area contributed by atoms with Gasteiger partial charge in [0.05, 0.1) is 19.8 Å². The molecule has 3 aliphatic rings. The summed E-state index contributed by atoms with van der Waals surface area (Å²) in [5.41, 5.74) is 0.582. The van der Waals surface area contributed by atoms with Crippen molar-refractivity contribution in [2.24, 2.45) is 17.8 Å². The lowest BCUT2D eigenvalue weighted by Gasteiger charge is -2.37. The van der Waals surface area contributed by atoms with Crippen LogP contribution in [0.4, 0.5) is 0 Å². The van der Waals surface area contributed by atoms with Gasteiger partial charge in [0.1, 0.15) is 0 Å². The number of carbonyl (C=O) groups is 1. The zero-order chi connectivity index (χ0) is 18.1. The van der Waals surface area contributed by atoms with Crippen LogP contribution < -0.4 is 9.47 Å². The Bertz CT molecular complexity index is 694. The highest BCUT2D eigenvalue weighted by atomic mass is 16.5. The molecule has 1 aliphatic heterocycles. The fourth-order valence-electron chi connectivity index (χ4n) is 4.80. The second kappa shape index (κ2) is 7.31. The van der Waals surface area contributed by atoms with E-state index in [0.29, 0.717) is 17.1 Å². The molecule has 0 N–H and O–H groups in total. The number of amides is 1. The molecule has 0 spiro atoms. The van der Waals surface area contributed by atoms with Gasteiger partial charge in [0.15, 0.2) is 11.5 Å². The van der Waals surface area contributed by atoms with Gasteiger partial charge in [0.2, 0.25) is 0 Å². The Morgan fingerprint density at radius 3 is 2.50 bits per heavy atom. The van der Waals surface area contributed by atoms with E-state index in [4.69, 9.17) is 9.47 Å². The van der Waals surface area contributed by atoms with Gasteiger partial charge >= 0.3 is 0 Å². The van der Waals surface area contributed by atoms with E-state index >= 15 is 0 Å². The molecule has 1 heterocycles. The van der Waals surface area contributed by atoms with E-state index in [2.05, 4.69) is 17.1 Å². The molecule has 1 saturated carbocycles. The molecule has 5 nitrogen and oxygen atoms in total. The number of hydrogen-bond acceptors (Lipinski definition) is 4. The second-order valence-electron chi connectivity index (χ2n) is 7.67. The summed E-state index contributed by atoms with van der Waals surface area (Å²) in [6.45, 7) is 4.63. The first kappa shape index (κ1) is 17.4. The maximum Gasteiger partial charge on any atom is 0.257 e. The summed E-state index contributed by atoms with van der Waals surface area (Å²) < 4.78 is 10.7. The molecule has 3 unspecified atom stereocenters. The van der Waals surface area contributed by atoms with Gasteiger partial charge in [0, 0.05) is 32.7 Å². The fourth-order valence-corrected chi connectivity index (χ4v) is 4.80. The first-order chi connectivity index (χ1) is 12.7. The number of benzene rings is 1. The lowest BCUT2D eigenvalue weighted by Crippen LogP contribution is -2.50. The molecule has 1 saturated heterocycles. The zero-order valence-corrected chi connectivity index (χ0v) is 15.7. The average Bonchev–Trinajstić information content (AvgIpc) is 3.30. The van der Waals surface area contributed by atoms with Gasteiger partial charge in [-0.1, -0.05) is 18.2 Å². The number of fused-ring (bicyclic) bond motifs is 2. The summed E-state index contributed by atoms with van der Waals surface area (Å²) >= 11 is 0. The Hall–Kier alpha value is -2.01. The molecule has 4 rings (SSSR count). The second-order valence-corrected chi connectivity index (χ2v) is 7.67.